The molecule has 0 aliphatic carbocycles. The Balaban J connectivity index is 0.000000135. The molecule has 31 heteroatoms. The lowest BCUT2D eigenvalue weighted by Gasteiger charge is -2.06. The fourth-order valence-corrected chi connectivity index (χ4v) is 18.8. The van der Waals surface area contributed by atoms with Gasteiger partial charge in [0.2, 0.25) is 0 Å². The van der Waals surface area contributed by atoms with Crippen molar-refractivity contribution in [1.82, 2.24) is 24.9 Å². The van der Waals surface area contributed by atoms with Gasteiger partial charge < -0.3 is 82.4 Å². The number of aliphatic hydroxyl groups excluding tert-OH is 1. The summed E-state index contributed by atoms with van der Waals surface area (Å²) < 4.78 is 32.2. The van der Waals surface area contributed by atoms with E-state index in [4.69, 9.17) is 114 Å². The highest BCUT2D eigenvalue weighted by Crippen LogP contribution is 2.41. The van der Waals surface area contributed by atoms with Gasteiger partial charge in [0.1, 0.15) is 54.6 Å². The molecule has 5 atom stereocenters. The molecular weight excluding hydrogens is 1580 g/mol. The molecule has 0 fully saturated rings. The fraction of sp³-hybridized carbons (Fsp3) is 0.295. The van der Waals surface area contributed by atoms with Gasteiger partial charge in [-0.2, -0.15) is 0 Å². The van der Waals surface area contributed by atoms with Gasteiger partial charge >= 0.3 is 0 Å². The quantitative estimate of drug-likeness (QED) is 0.0213. The topological polar surface area (TPSA) is 341 Å². The van der Waals surface area contributed by atoms with Crippen LogP contribution in [0.5, 0.6) is 0 Å². The van der Waals surface area contributed by atoms with Crippen molar-refractivity contribution in [3.8, 4) is 0 Å². The number of fused-ring (bicyclic) bond motifs is 5. The molecule has 0 bridgehead atoms. The normalized spacial score (nSPS) is 12.7. The number of anilines is 5. The van der Waals surface area contributed by atoms with Crippen molar-refractivity contribution < 1.29 is 27.2 Å². The molecule has 574 valence electrons. The average Bonchev–Trinajstić information content (AvgIpc) is 1.62. The highest BCUT2D eigenvalue weighted by atomic mass is 35.5. The van der Waals surface area contributed by atoms with E-state index in [0.717, 1.165) is 145 Å². The monoisotopic (exact) mass is 1660 g/mol. The van der Waals surface area contributed by atoms with Crippen LogP contribution in [-0.4, -0.2) is 66.8 Å². The Labute approximate surface area is 676 Å². The van der Waals surface area contributed by atoms with Gasteiger partial charge in [-0.05, 0) is 163 Å². The summed E-state index contributed by atoms with van der Waals surface area (Å²) in [7, 11) is 0. The zero-order chi connectivity index (χ0) is 77.3. The van der Waals surface area contributed by atoms with E-state index in [-0.39, 0.29) is 36.8 Å². The zero-order valence-corrected chi connectivity index (χ0v) is 68.6. The van der Waals surface area contributed by atoms with Crippen LogP contribution in [0.15, 0.2) is 163 Å². The first-order chi connectivity index (χ1) is 52.5. The minimum Gasteiger partial charge on any atom is -0.467 e. The van der Waals surface area contributed by atoms with Crippen molar-refractivity contribution in [1.29, 1.82) is 0 Å². The summed E-state index contributed by atoms with van der Waals surface area (Å²) in [4.78, 5) is 28.2. The third-order valence-electron chi connectivity index (χ3n) is 16.8. The van der Waals surface area contributed by atoms with E-state index in [2.05, 4.69) is 84.4 Å². The number of nitrogens with zero attached hydrogens (tertiary/aromatic N) is 5. The van der Waals surface area contributed by atoms with E-state index in [1.54, 1.807) is 94.1 Å². The summed E-state index contributed by atoms with van der Waals surface area (Å²) in [5, 5.41) is 28.3. The van der Waals surface area contributed by atoms with Crippen LogP contribution in [0.3, 0.4) is 0 Å². The number of nitrogens with two attached hydrogens (primary N) is 5. The number of hydrogen-bond donors (Lipinski definition) is 11. The molecule has 21 nitrogen and oxygen atoms in total. The standard InChI is InChI=1S/C17H20ClN3OS.C16H18ClN3OS.C15H16ClN3O2S.2C15H16ClN3OS/c1-3-11(19)7-14-10(2)16-17(23-14)13(8-15(18)21-16)20-9-12-5-4-6-22-12;1-9(18)6-13-10(2)15-16(22-13)12(7-14(17)20-15)19-8-11-4-3-5-21-11;16-14-6-12(18-7-10-2-1-3-21-10)15-13(19-14)5-11(22-15)4-9(17)8-20;2*1-9(17)5-11-6-13-15(21-11)12(7-14(16)19-13)18-8-10-3-2-4-20-10/h4-6,8,11H,3,7,9,19H2,1-2H3,(H,20,21);3-5,7,9H,6,8,18H2,1-2H3,(H,19,20);1-3,5-6,9,20H,4,7-8,17H2,(H,18,19);2*2-4,6-7,9H,5,8,17H2,1H3,(H,18,19)/t11-;4*9-/m00100/s1. The second kappa shape index (κ2) is 39.4. The molecule has 0 radical (unpaired) electrons. The largest absolute Gasteiger partial charge is 0.467 e. The van der Waals surface area contributed by atoms with Crippen LogP contribution in [0.4, 0.5) is 28.4 Å². The minimum atomic E-state index is -0.261. The lowest BCUT2D eigenvalue weighted by atomic mass is 10.1. The van der Waals surface area contributed by atoms with Gasteiger partial charge in [0.25, 0.3) is 0 Å². The maximum atomic E-state index is 9.08. The molecule has 0 unspecified atom stereocenters. The Hall–Kier alpha value is -7.84. The lowest BCUT2D eigenvalue weighted by Crippen LogP contribution is -2.26. The number of hydrogen-bond acceptors (Lipinski definition) is 26. The zero-order valence-electron chi connectivity index (χ0n) is 60.7. The van der Waals surface area contributed by atoms with Crippen molar-refractivity contribution >= 4 is 194 Å². The molecular formula is C78H86Cl5N15O6S5. The smallest absolute Gasteiger partial charge is 0.131 e. The Kier molecular flexibility index (Phi) is 29.7. The van der Waals surface area contributed by atoms with E-state index in [0.29, 0.717) is 64.9 Å². The number of pyridine rings is 5. The van der Waals surface area contributed by atoms with Crippen LogP contribution in [0.1, 0.15) is 98.4 Å². The van der Waals surface area contributed by atoms with Gasteiger partial charge in [0.15, 0.2) is 0 Å². The second-order valence-electron chi connectivity index (χ2n) is 26.1. The second-order valence-corrected chi connectivity index (χ2v) is 33.7. The van der Waals surface area contributed by atoms with Crippen molar-refractivity contribution in [3.63, 3.8) is 0 Å². The molecule has 0 aromatic carbocycles. The molecule has 0 amide bonds. The molecule has 15 heterocycles. The molecule has 0 aliphatic heterocycles. The van der Waals surface area contributed by atoms with E-state index in [1.807, 2.05) is 112 Å². The minimum absolute atomic E-state index is 0.0357. The molecule has 15 rings (SSSR count). The Morgan fingerprint density at radius 2 is 0.661 bits per heavy atom. The summed E-state index contributed by atoms with van der Waals surface area (Å²) in [6.45, 7) is 15.3. The lowest BCUT2D eigenvalue weighted by molar-refractivity contribution is 0.266. The summed E-state index contributed by atoms with van der Waals surface area (Å²) in [5.41, 5.74) is 41.3. The predicted octanol–water partition coefficient (Wildman–Crippen LogP) is 20.2. The van der Waals surface area contributed by atoms with Gasteiger partial charge in [-0.25, -0.2) is 24.9 Å². The van der Waals surface area contributed by atoms with Crippen molar-refractivity contribution in [2.45, 2.75) is 143 Å². The summed E-state index contributed by atoms with van der Waals surface area (Å²) >= 11 is 39.2. The van der Waals surface area contributed by atoms with Crippen molar-refractivity contribution in [3.05, 3.63) is 231 Å². The number of furan rings is 5. The van der Waals surface area contributed by atoms with Crippen LogP contribution in [0.2, 0.25) is 25.8 Å². The molecule has 16 N–H and O–H groups in total. The number of aryl methyl sites for hydroxylation is 2. The van der Waals surface area contributed by atoms with Crippen LogP contribution in [0.25, 0.3) is 51.1 Å². The van der Waals surface area contributed by atoms with Crippen LogP contribution < -0.4 is 55.3 Å². The average molecular weight is 1670 g/mol. The highest BCUT2D eigenvalue weighted by Gasteiger charge is 2.20. The maximum absolute atomic E-state index is 9.08. The van der Waals surface area contributed by atoms with Gasteiger partial charge in [-0.15, -0.1) is 56.7 Å². The van der Waals surface area contributed by atoms with E-state index in [9.17, 15) is 0 Å². The molecule has 0 spiro atoms. The first-order valence-electron chi connectivity index (χ1n) is 35.1. The molecule has 0 saturated carbocycles. The van der Waals surface area contributed by atoms with E-state index < -0.39 is 0 Å². The number of halogens is 5. The SMILES string of the molecule is CC[C@H](N)Cc1sc2c(NCc3ccco3)cc(Cl)nc2c1C.C[C@H](N)Cc1cc2nc(Cl)cc(NCc3ccco3)c2s1.C[C@H](N)Cc1cc2nc(Cl)cc(NCc3ccco3)c2s1.Cc1c(C[C@H](C)N)sc2c(NCc3ccco3)cc(Cl)nc12.N[C@@H](CO)Cc1cc2nc(Cl)cc(NCc3ccco3)c2s1. The van der Waals surface area contributed by atoms with Crippen molar-refractivity contribution in [2.24, 2.45) is 28.7 Å². The number of aliphatic hydroxyl groups is 1. The maximum Gasteiger partial charge on any atom is 0.131 e. The Bertz CT molecular complexity index is 5210. The van der Waals surface area contributed by atoms with E-state index in [1.165, 1.54) is 30.6 Å². The summed E-state index contributed by atoms with van der Waals surface area (Å²) in [6, 6.07) is 34.6. The summed E-state index contributed by atoms with van der Waals surface area (Å²) in [6.07, 6.45) is 13.3. The number of nitrogens with one attached hydrogen (secondary N) is 5. The first-order valence-corrected chi connectivity index (χ1v) is 41.1. The highest BCUT2D eigenvalue weighted by molar-refractivity contribution is 7.21. The number of aromatic nitrogens is 5. The third-order valence-corrected chi connectivity index (χ3v) is 23.9. The fourth-order valence-electron chi connectivity index (χ4n) is 11.5. The Morgan fingerprint density at radius 1 is 0.376 bits per heavy atom. The predicted molar refractivity (Wildman–Crippen MR) is 456 cm³/mol. The number of rotatable bonds is 27. The van der Waals surface area contributed by atoms with Gasteiger partial charge in [0, 0.05) is 84.9 Å². The molecule has 0 aliphatic rings. The number of thiophene rings is 5. The van der Waals surface area contributed by atoms with Crippen molar-refractivity contribution in [2.75, 3.05) is 33.2 Å². The van der Waals surface area contributed by atoms with Crippen LogP contribution in [0, 0.1) is 13.8 Å². The summed E-state index contributed by atoms with van der Waals surface area (Å²) in [5.74, 6) is 4.37. The van der Waals surface area contributed by atoms with Gasteiger partial charge in [0.05, 0.1) is 150 Å². The molecule has 109 heavy (non-hydrogen) atoms. The molecule has 15 aromatic rings. The molecule has 15 aromatic heterocycles. The third kappa shape index (κ3) is 23.2. The first kappa shape index (κ1) is 82.1. The Morgan fingerprint density at radius 3 is 0.936 bits per heavy atom. The van der Waals surface area contributed by atoms with E-state index >= 15 is 0 Å². The van der Waals surface area contributed by atoms with Gasteiger partial charge in [-0.1, -0.05) is 64.9 Å². The molecule has 0 saturated heterocycles. The van der Waals surface area contributed by atoms with Crippen LogP contribution >= 0.6 is 115 Å². The van der Waals surface area contributed by atoms with Crippen LogP contribution in [-0.2, 0) is 64.8 Å². The van der Waals surface area contributed by atoms with Gasteiger partial charge in [-0.3, -0.25) is 0 Å².